The molecule has 0 fully saturated rings. The van der Waals surface area contributed by atoms with E-state index >= 15 is 0 Å². The van der Waals surface area contributed by atoms with Gasteiger partial charge < -0.3 is 9.52 Å². The summed E-state index contributed by atoms with van der Waals surface area (Å²) in [6.45, 7) is 18.8. The smallest absolute Gasteiger partial charge is 0.164 e. The Balaban J connectivity index is 0.000000269. The van der Waals surface area contributed by atoms with Gasteiger partial charge in [0.2, 0.25) is 0 Å². The molecule has 0 saturated heterocycles. The number of thiophene rings is 1. The van der Waals surface area contributed by atoms with E-state index in [0.29, 0.717) is 0 Å². The molecule has 3 heterocycles. The largest absolute Gasteiger partial charge is 0.512 e. The topological polar surface area (TPSA) is 63.3 Å². The second kappa shape index (κ2) is 15.8. The maximum atomic E-state index is 12.2. The minimum Gasteiger partial charge on any atom is -0.512 e. The van der Waals surface area contributed by atoms with Gasteiger partial charge in [-0.1, -0.05) is 104 Å². The molecular weight excluding hydrogens is 815 g/mol. The van der Waals surface area contributed by atoms with Crippen molar-refractivity contribution in [1.82, 2.24) is 4.98 Å². The molecule has 50 heavy (non-hydrogen) atoms. The number of hydrogen-bond acceptors (Lipinski definition) is 5. The van der Waals surface area contributed by atoms with E-state index in [9.17, 15) is 9.90 Å². The fourth-order valence-corrected chi connectivity index (χ4v) is 6.99. The molecule has 0 atom stereocenters. The van der Waals surface area contributed by atoms with Crippen LogP contribution in [-0.2, 0) is 30.3 Å². The average molecular weight is 865 g/mol. The standard InChI is InChI=1S/C29H22NOS.C15H28O2.Ir/c1-29(2,3)24-16-19(15-18-7-4-5-8-20(18)24)28-23-17-26(31-25(23)11-13-30-28)21-9-6-10-27-22(21)12-14-32-27;1-7-14(5,8-2)12(16)11-13(17)15(6,9-3)10-4;/h4-14,16-17H,1-3H3;11,16H,7-10H2,1-6H3;/q-1;;/b;12-11-;. The number of aromatic nitrogens is 1. The number of nitrogens with zero attached hydrogens (tertiary/aromatic N) is 1. The molecule has 0 spiro atoms. The molecule has 0 saturated carbocycles. The van der Waals surface area contributed by atoms with Crippen LogP contribution in [0.5, 0.6) is 0 Å². The second-order valence-corrected chi connectivity index (χ2v) is 15.6. The average Bonchev–Trinajstić information content (AvgIpc) is 3.78. The molecule has 0 unspecified atom stereocenters. The third kappa shape index (κ3) is 7.83. The molecule has 6 aromatic rings. The van der Waals surface area contributed by atoms with Crippen LogP contribution in [0, 0.1) is 16.9 Å². The number of carbonyl (C=O) groups excluding carboxylic acids is 1. The molecule has 265 valence electrons. The summed E-state index contributed by atoms with van der Waals surface area (Å²) in [6.07, 6.45) is 6.58. The molecule has 0 aliphatic rings. The first-order valence-electron chi connectivity index (χ1n) is 17.5. The van der Waals surface area contributed by atoms with Crippen molar-refractivity contribution in [1.29, 1.82) is 0 Å². The monoisotopic (exact) mass is 865 g/mol. The van der Waals surface area contributed by atoms with E-state index in [2.05, 4.69) is 92.9 Å². The van der Waals surface area contributed by atoms with Crippen LogP contribution >= 0.6 is 11.3 Å². The number of carbonyl (C=O) groups is 1. The number of rotatable bonds is 9. The molecule has 4 nitrogen and oxygen atoms in total. The van der Waals surface area contributed by atoms with E-state index < -0.39 is 0 Å². The Labute approximate surface area is 315 Å². The van der Waals surface area contributed by atoms with Crippen LogP contribution in [0.4, 0.5) is 0 Å². The van der Waals surface area contributed by atoms with Crippen LogP contribution in [0.15, 0.2) is 94.6 Å². The molecule has 1 radical (unpaired) electrons. The van der Waals surface area contributed by atoms with Gasteiger partial charge in [-0.05, 0) is 60.7 Å². The number of pyridine rings is 1. The molecular formula is C44H50IrNO3S-. The normalized spacial score (nSPS) is 12.5. The molecule has 3 aromatic carbocycles. The zero-order chi connectivity index (χ0) is 35.6. The van der Waals surface area contributed by atoms with Gasteiger partial charge in [0.1, 0.15) is 17.1 Å². The van der Waals surface area contributed by atoms with Crippen molar-refractivity contribution >= 4 is 48.9 Å². The van der Waals surface area contributed by atoms with Crippen LogP contribution in [0.3, 0.4) is 0 Å². The number of aliphatic hydroxyl groups is 1. The number of benzene rings is 3. The summed E-state index contributed by atoms with van der Waals surface area (Å²) in [6, 6.07) is 26.9. The minimum absolute atomic E-state index is 0. The number of furan rings is 1. The molecule has 6 rings (SSSR count). The Morgan fingerprint density at radius 3 is 2.18 bits per heavy atom. The van der Waals surface area contributed by atoms with Crippen molar-refractivity contribution in [3.8, 4) is 22.6 Å². The predicted molar refractivity (Wildman–Crippen MR) is 208 cm³/mol. The van der Waals surface area contributed by atoms with Gasteiger partial charge in [-0.2, -0.15) is 0 Å². The van der Waals surface area contributed by atoms with Crippen LogP contribution in [0.2, 0.25) is 0 Å². The zero-order valence-corrected chi connectivity index (χ0v) is 34.1. The first-order chi connectivity index (χ1) is 23.3. The van der Waals surface area contributed by atoms with E-state index in [1.54, 1.807) is 11.3 Å². The van der Waals surface area contributed by atoms with Crippen LogP contribution < -0.4 is 0 Å². The van der Waals surface area contributed by atoms with Gasteiger partial charge in [0.15, 0.2) is 5.78 Å². The van der Waals surface area contributed by atoms with Gasteiger partial charge in [0.05, 0.1) is 0 Å². The fourth-order valence-electron chi connectivity index (χ4n) is 6.18. The Morgan fingerprint density at radius 1 is 0.840 bits per heavy atom. The van der Waals surface area contributed by atoms with E-state index in [-0.39, 0.29) is 47.9 Å². The summed E-state index contributed by atoms with van der Waals surface area (Å²) >= 11 is 1.75. The number of aliphatic hydroxyl groups excluding tert-OH is 1. The number of ketones is 1. The summed E-state index contributed by atoms with van der Waals surface area (Å²) in [5.41, 5.74) is 4.57. The molecule has 6 heteroatoms. The zero-order valence-electron chi connectivity index (χ0n) is 30.9. The summed E-state index contributed by atoms with van der Waals surface area (Å²) in [5.74, 6) is 1.16. The van der Waals surface area contributed by atoms with Crippen molar-refractivity contribution in [3.63, 3.8) is 0 Å². The summed E-state index contributed by atoms with van der Waals surface area (Å²) in [4.78, 5) is 17.0. The van der Waals surface area contributed by atoms with E-state index in [0.717, 1.165) is 64.6 Å². The Bertz CT molecular complexity index is 2120. The van der Waals surface area contributed by atoms with Gasteiger partial charge in [-0.3, -0.25) is 9.78 Å². The summed E-state index contributed by atoms with van der Waals surface area (Å²) < 4.78 is 7.59. The van der Waals surface area contributed by atoms with Gasteiger partial charge in [0.25, 0.3) is 0 Å². The van der Waals surface area contributed by atoms with Crippen molar-refractivity contribution < 1.29 is 34.4 Å². The van der Waals surface area contributed by atoms with Gasteiger partial charge >= 0.3 is 0 Å². The predicted octanol–water partition coefficient (Wildman–Crippen LogP) is 13.3. The van der Waals surface area contributed by atoms with Crippen molar-refractivity contribution in [2.75, 3.05) is 0 Å². The summed E-state index contributed by atoms with van der Waals surface area (Å²) in [7, 11) is 0. The van der Waals surface area contributed by atoms with Crippen LogP contribution in [0.1, 0.15) is 93.6 Å². The van der Waals surface area contributed by atoms with Gasteiger partial charge in [-0.15, -0.1) is 40.5 Å². The third-order valence-electron chi connectivity index (χ3n) is 10.6. The van der Waals surface area contributed by atoms with E-state index in [1.807, 2.05) is 53.8 Å². The first-order valence-corrected chi connectivity index (χ1v) is 18.4. The van der Waals surface area contributed by atoms with E-state index in [1.165, 1.54) is 27.1 Å². The molecule has 0 amide bonds. The molecule has 1 N–H and O–H groups in total. The van der Waals surface area contributed by atoms with Crippen molar-refractivity contribution in [2.24, 2.45) is 10.8 Å². The quantitative estimate of drug-likeness (QED) is 0.0893. The number of hydrogen-bond donors (Lipinski definition) is 1. The number of fused-ring (bicyclic) bond motifs is 3. The SMILES string of the molecule is CC(C)(C)c1cc(-c2nccc3oc(-c4cccc5sccc45)cc23)[c-]c2ccccc12.CCC(C)(CC)C(=O)/C=C(\O)C(C)(CC)CC.[Ir]. The third-order valence-corrected chi connectivity index (χ3v) is 11.5. The first kappa shape index (κ1) is 39.2. The minimum atomic E-state index is -0.337. The maximum absolute atomic E-state index is 12.2. The van der Waals surface area contributed by atoms with Crippen molar-refractivity contribution in [3.05, 3.63) is 102 Å². The van der Waals surface area contributed by atoms with Crippen molar-refractivity contribution in [2.45, 2.75) is 93.4 Å². The van der Waals surface area contributed by atoms with Crippen LogP contribution in [0.25, 0.3) is 54.4 Å². The molecule has 3 aromatic heterocycles. The molecule has 0 bridgehead atoms. The van der Waals surface area contributed by atoms with Gasteiger partial charge in [-0.25, -0.2) is 0 Å². The Kier molecular flexibility index (Phi) is 12.4. The second-order valence-electron chi connectivity index (χ2n) is 14.6. The number of allylic oxidation sites excluding steroid dienone is 2. The Morgan fingerprint density at radius 2 is 1.52 bits per heavy atom. The summed E-state index contributed by atoms with van der Waals surface area (Å²) in [5, 5.41) is 16.9. The fraction of sp³-hybridized carbons (Fsp3) is 0.364. The maximum Gasteiger partial charge on any atom is 0.164 e. The van der Waals surface area contributed by atoms with Crippen LogP contribution in [-0.4, -0.2) is 15.9 Å². The molecule has 0 aliphatic carbocycles. The van der Waals surface area contributed by atoms with Gasteiger partial charge in [0, 0.05) is 69.9 Å². The Hall–Kier alpha value is -3.57. The van der Waals surface area contributed by atoms with E-state index in [4.69, 9.17) is 9.40 Å². The molecule has 0 aliphatic heterocycles.